The summed E-state index contributed by atoms with van der Waals surface area (Å²) in [6, 6.07) is 2.27. The molecule has 23 heavy (non-hydrogen) atoms. The van der Waals surface area contributed by atoms with Gasteiger partial charge in [-0.3, -0.25) is 4.79 Å². The maximum absolute atomic E-state index is 12.3. The number of fused-ring (bicyclic) bond motifs is 3. The van der Waals surface area contributed by atoms with Gasteiger partial charge in [-0.25, -0.2) is 0 Å². The smallest absolute Gasteiger partial charge is 0.319 e. The Morgan fingerprint density at radius 1 is 1.35 bits per heavy atom. The van der Waals surface area contributed by atoms with Crippen molar-refractivity contribution in [2.75, 3.05) is 14.2 Å². The van der Waals surface area contributed by atoms with E-state index in [1.165, 1.54) is 7.11 Å². The quantitative estimate of drug-likeness (QED) is 0.830. The van der Waals surface area contributed by atoms with Crippen LogP contribution in [0.1, 0.15) is 31.5 Å². The number of aromatic nitrogens is 2. The molecule has 1 heterocycles. The van der Waals surface area contributed by atoms with E-state index >= 15 is 0 Å². The fraction of sp³-hybridized carbons (Fsp3) is 0.529. The minimum atomic E-state index is -0.504. The molecule has 6 heteroatoms. The van der Waals surface area contributed by atoms with Gasteiger partial charge in [0.05, 0.1) is 25.5 Å². The van der Waals surface area contributed by atoms with Gasteiger partial charge >= 0.3 is 6.01 Å². The predicted octanol–water partition coefficient (Wildman–Crippen LogP) is 1.98. The fourth-order valence-corrected chi connectivity index (χ4v) is 3.98. The van der Waals surface area contributed by atoms with Crippen LogP contribution >= 0.6 is 0 Å². The van der Waals surface area contributed by atoms with Crippen molar-refractivity contribution in [3.8, 4) is 18.0 Å². The summed E-state index contributed by atoms with van der Waals surface area (Å²) < 4.78 is 10.6. The number of nitrogens with zero attached hydrogens (tertiary/aromatic N) is 3. The lowest BCUT2D eigenvalue weighted by molar-refractivity contribution is -0.121. The Morgan fingerprint density at radius 2 is 2.09 bits per heavy atom. The van der Waals surface area contributed by atoms with E-state index in [1.54, 1.807) is 13.2 Å². The fourth-order valence-electron chi connectivity index (χ4n) is 3.98. The third-order valence-corrected chi connectivity index (χ3v) is 5.16. The predicted molar refractivity (Wildman–Crippen MR) is 82.2 cm³/mol. The average Bonchev–Trinajstić information content (AvgIpc) is 2.57. The molecule has 0 fully saturated rings. The van der Waals surface area contributed by atoms with Gasteiger partial charge in [-0.2, -0.15) is 15.2 Å². The molecule has 1 aromatic rings. The summed E-state index contributed by atoms with van der Waals surface area (Å²) in [5, 5.41) is 9.31. The van der Waals surface area contributed by atoms with Gasteiger partial charge in [0, 0.05) is 16.9 Å². The lowest BCUT2D eigenvalue weighted by atomic mass is 9.58. The first kappa shape index (κ1) is 15.5. The number of ketones is 1. The highest BCUT2D eigenvalue weighted by Gasteiger charge is 2.49. The molecule has 0 saturated carbocycles. The molecule has 1 aromatic heterocycles. The molecule has 0 unspecified atom stereocenters. The number of carbonyl (C=O) groups is 1. The molecule has 0 bridgehead atoms. The van der Waals surface area contributed by atoms with Crippen LogP contribution in [0.5, 0.6) is 11.9 Å². The second kappa shape index (κ2) is 5.34. The van der Waals surface area contributed by atoms with E-state index < -0.39 is 5.41 Å². The van der Waals surface area contributed by atoms with Gasteiger partial charge in [-0.1, -0.05) is 19.9 Å². The Labute approximate surface area is 135 Å². The van der Waals surface area contributed by atoms with Crippen molar-refractivity contribution < 1.29 is 14.3 Å². The van der Waals surface area contributed by atoms with Crippen LogP contribution in [0, 0.1) is 23.2 Å². The first-order valence-corrected chi connectivity index (χ1v) is 7.62. The highest BCUT2D eigenvalue weighted by Crippen LogP contribution is 2.50. The van der Waals surface area contributed by atoms with Crippen molar-refractivity contribution in [3.63, 3.8) is 0 Å². The number of hydrogen-bond donors (Lipinski definition) is 0. The number of rotatable bonds is 2. The molecular weight excluding hydrogens is 294 g/mol. The molecule has 0 amide bonds. The third kappa shape index (κ3) is 2.11. The van der Waals surface area contributed by atoms with Gasteiger partial charge in [0.25, 0.3) is 0 Å². The maximum atomic E-state index is 12.3. The first-order valence-electron chi connectivity index (χ1n) is 7.62. The Hall–Kier alpha value is -2.42. The van der Waals surface area contributed by atoms with Crippen LogP contribution in [0.4, 0.5) is 0 Å². The molecule has 6 nitrogen and oxygen atoms in total. The van der Waals surface area contributed by atoms with E-state index in [-0.39, 0.29) is 29.2 Å². The van der Waals surface area contributed by atoms with Crippen LogP contribution in [0.3, 0.4) is 0 Å². The molecule has 3 rings (SSSR count). The van der Waals surface area contributed by atoms with Gasteiger partial charge < -0.3 is 9.47 Å². The third-order valence-electron chi connectivity index (χ3n) is 5.16. The average molecular weight is 313 g/mol. The van der Waals surface area contributed by atoms with Gasteiger partial charge in [0.1, 0.15) is 6.07 Å². The molecule has 2 aliphatic carbocycles. The number of hydrogen-bond acceptors (Lipinski definition) is 6. The van der Waals surface area contributed by atoms with Crippen LogP contribution in [0.25, 0.3) is 0 Å². The van der Waals surface area contributed by atoms with Gasteiger partial charge in [0.2, 0.25) is 5.88 Å². The van der Waals surface area contributed by atoms with Gasteiger partial charge in [-0.15, -0.1) is 0 Å². The summed E-state index contributed by atoms with van der Waals surface area (Å²) in [7, 11) is 3.08. The van der Waals surface area contributed by atoms with Crippen LogP contribution in [0.2, 0.25) is 0 Å². The summed E-state index contributed by atoms with van der Waals surface area (Å²) in [5.41, 5.74) is 1.43. The van der Waals surface area contributed by atoms with Crippen LogP contribution in [-0.4, -0.2) is 30.0 Å². The van der Waals surface area contributed by atoms with Crippen molar-refractivity contribution in [1.82, 2.24) is 9.97 Å². The zero-order valence-electron chi connectivity index (χ0n) is 13.7. The van der Waals surface area contributed by atoms with E-state index in [9.17, 15) is 10.1 Å². The minimum Gasteiger partial charge on any atom is -0.481 e. The van der Waals surface area contributed by atoms with E-state index in [2.05, 4.69) is 9.97 Å². The number of allylic oxidation sites excluding steroid dienone is 2. The van der Waals surface area contributed by atoms with Crippen LogP contribution in [-0.2, 0) is 16.6 Å². The van der Waals surface area contributed by atoms with E-state index in [0.717, 1.165) is 24.1 Å². The number of ether oxygens (including phenoxy) is 2. The molecule has 0 radical (unpaired) electrons. The topological polar surface area (TPSA) is 85.1 Å². The van der Waals surface area contributed by atoms with Crippen molar-refractivity contribution in [3.05, 3.63) is 22.9 Å². The Bertz CT molecular complexity index is 750. The number of carbonyl (C=O) groups excluding carboxylic acids is 1. The zero-order valence-corrected chi connectivity index (χ0v) is 13.7. The SMILES string of the molecule is COc1nc(OC)c2c(n1)[C@@]1(C)C=C(C#N)C(=O)[C@@H](C)[C@@H]1CC2. The largest absolute Gasteiger partial charge is 0.481 e. The molecule has 0 aliphatic heterocycles. The van der Waals surface area contributed by atoms with Crippen molar-refractivity contribution >= 4 is 5.78 Å². The molecular formula is C17H19N3O3. The number of methoxy groups -OCH3 is 2. The Balaban J connectivity index is 2.27. The maximum Gasteiger partial charge on any atom is 0.319 e. The Morgan fingerprint density at radius 3 is 2.70 bits per heavy atom. The van der Waals surface area contributed by atoms with E-state index in [1.807, 2.05) is 19.9 Å². The normalized spacial score (nSPS) is 29.0. The second-order valence-electron chi connectivity index (χ2n) is 6.30. The molecule has 0 saturated heterocycles. The standard InChI is InChI=1S/C17H19N3O3/c1-9-12-6-5-11-14(19-16(23-4)20-15(11)22-3)17(12,2)7-10(8-18)13(9)21/h7,9,12H,5-6H2,1-4H3/t9-,12-,17-/m0/s1. The molecule has 0 aromatic carbocycles. The summed E-state index contributed by atoms with van der Waals surface area (Å²) in [6.45, 7) is 3.93. The van der Waals surface area contributed by atoms with Crippen LogP contribution in [0.15, 0.2) is 11.6 Å². The van der Waals surface area contributed by atoms with E-state index in [4.69, 9.17) is 9.47 Å². The zero-order chi connectivity index (χ0) is 16.8. The van der Waals surface area contributed by atoms with Crippen molar-refractivity contribution in [2.24, 2.45) is 11.8 Å². The molecule has 0 N–H and O–H groups in total. The molecule has 120 valence electrons. The minimum absolute atomic E-state index is 0.0774. The second-order valence-corrected chi connectivity index (χ2v) is 6.30. The molecule has 3 atom stereocenters. The van der Waals surface area contributed by atoms with Gasteiger partial charge in [-0.05, 0) is 18.8 Å². The number of Topliss-reactive ketones (excluding diaryl/α,β-unsaturated/α-hetero) is 1. The summed E-state index contributed by atoms with van der Waals surface area (Å²) >= 11 is 0. The first-order chi connectivity index (χ1) is 11.0. The van der Waals surface area contributed by atoms with Crippen molar-refractivity contribution in [1.29, 1.82) is 5.26 Å². The lowest BCUT2D eigenvalue weighted by Crippen LogP contribution is -2.46. The molecule has 2 aliphatic rings. The lowest BCUT2D eigenvalue weighted by Gasteiger charge is -2.45. The summed E-state index contributed by atoms with van der Waals surface area (Å²) in [5.74, 6) is 0.318. The summed E-state index contributed by atoms with van der Waals surface area (Å²) in [4.78, 5) is 21.1. The highest BCUT2D eigenvalue weighted by molar-refractivity contribution is 6.02. The Kier molecular flexibility index (Phi) is 3.59. The molecule has 0 spiro atoms. The monoisotopic (exact) mass is 313 g/mol. The summed E-state index contributed by atoms with van der Waals surface area (Å²) in [6.07, 6.45) is 3.34. The van der Waals surface area contributed by atoms with Crippen LogP contribution < -0.4 is 9.47 Å². The van der Waals surface area contributed by atoms with Gasteiger partial charge in [0.15, 0.2) is 5.78 Å². The van der Waals surface area contributed by atoms with E-state index in [0.29, 0.717) is 5.88 Å². The van der Waals surface area contributed by atoms with Crippen molar-refractivity contribution in [2.45, 2.75) is 32.1 Å². The number of nitriles is 1. The highest BCUT2D eigenvalue weighted by atomic mass is 16.5.